The summed E-state index contributed by atoms with van der Waals surface area (Å²) in [6.07, 6.45) is 8.27. The summed E-state index contributed by atoms with van der Waals surface area (Å²) in [5.74, 6) is 3.35. The number of nitrogens with zero attached hydrogens (tertiary/aromatic N) is 4. The lowest BCUT2D eigenvalue weighted by atomic mass is 9.84. The molecular weight excluding hydrogens is 426 g/mol. The molecule has 0 spiro atoms. The number of aromatic nitrogens is 2. The van der Waals surface area contributed by atoms with E-state index in [2.05, 4.69) is 42.0 Å². The van der Waals surface area contributed by atoms with Crippen LogP contribution in [0, 0.1) is 5.92 Å². The molecule has 1 amide bonds. The lowest BCUT2D eigenvalue weighted by Crippen LogP contribution is -2.37. The first-order valence-corrected chi connectivity index (χ1v) is 13.5. The van der Waals surface area contributed by atoms with Crippen LogP contribution in [0.4, 0.5) is 5.82 Å². The first-order valence-electron chi connectivity index (χ1n) is 13.5. The van der Waals surface area contributed by atoms with Crippen molar-refractivity contribution < 1.29 is 9.53 Å². The van der Waals surface area contributed by atoms with E-state index < -0.39 is 0 Å². The quantitative estimate of drug-likeness (QED) is 0.679. The summed E-state index contributed by atoms with van der Waals surface area (Å²) in [5.41, 5.74) is 1.09. The Morgan fingerprint density at radius 1 is 1.09 bits per heavy atom. The maximum Gasteiger partial charge on any atom is 0.217 e. The van der Waals surface area contributed by atoms with E-state index in [1.165, 1.54) is 32.2 Å². The highest BCUT2D eigenvalue weighted by molar-refractivity contribution is 5.73. The molecule has 7 nitrogen and oxygen atoms in total. The second-order valence-electron chi connectivity index (χ2n) is 11.7. The second kappa shape index (κ2) is 11.3. The number of hydrogen-bond acceptors (Lipinski definition) is 6. The number of carbonyl (C=O) groups excluding carboxylic acids is 1. The van der Waals surface area contributed by atoms with Gasteiger partial charge in [0, 0.05) is 56.6 Å². The van der Waals surface area contributed by atoms with Crippen LogP contribution >= 0.6 is 0 Å². The lowest BCUT2D eigenvalue weighted by molar-refractivity contribution is -0.119. The van der Waals surface area contributed by atoms with Gasteiger partial charge in [-0.15, -0.1) is 0 Å². The van der Waals surface area contributed by atoms with Gasteiger partial charge in [-0.05, 0) is 64.0 Å². The molecule has 1 aromatic heterocycles. The van der Waals surface area contributed by atoms with Crippen LogP contribution in [-0.4, -0.2) is 72.8 Å². The van der Waals surface area contributed by atoms with Crippen molar-refractivity contribution in [3.63, 3.8) is 0 Å². The van der Waals surface area contributed by atoms with E-state index in [0.29, 0.717) is 12.0 Å². The van der Waals surface area contributed by atoms with Gasteiger partial charge >= 0.3 is 0 Å². The zero-order valence-electron chi connectivity index (χ0n) is 21.8. The molecule has 7 heteroatoms. The zero-order chi connectivity index (χ0) is 24.1. The minimum atomic E-state index is -0.0684. The zero-order valence-corrected chi connectivity index (χ0v) is 21.8. The van der Waals surface area contributed by atoms with Crippen molar-refractivity contribution in [2.45, 2.75) is 90.0 Å². The average molecular weight is 472 g/mol. The Balaban J connectivity index is 1.32. The molecular formula is C27H45N5O2. The topological polar surface area (TPSA) is 70.6 Å². The third kappa shape index (κ3) is 6.91. The molecule has 1 atom stereocenters. The molecule has 1 aromatic rings. The van der Waals surface area contributed by atoms with Gasteiger partial charge in [-0.2, -0.15) is 0 Å². The summed E-state index contributed by atoms with van der Waals surface area (Å²) in [6, 6.07) is 2.63. The molecule has 3 aliphatic rings. The third-order valence-corrected chi connectivity index (χ3v) is 7.77. The monoisotopic (exact) mass is 471 g/mol. The van der Waals surface area contributed by atoms with E-state index in [-0.39, 0.29) is 11.3 Å². The summed E-state index contributed by atoms with van der Waals surface area (Å²) in [4.78, 5) is 26.4. The molecule has 2 saturated heterocycles. The van der Waals surface area contributed by atoms with Gasteiger partial charge in [-0.1, -0.05) is 20.8 Å². The Bertz CT molecular complexity index is 810. The molecule has 1 N–H and O–H groups in total. The van der Waals surface area contributed by atoms with Crippen molar-refractivity contribution in [1.29, 1.82) is 0 Å². The van der Waals surface area contributed by atoms with Crippen LogP contribution in [0.1, 0.15) is 90.1 Å². The largest absolute Gasteiger partial charge is 0.381 e. The van der Waals surface area contributed by atoms with E-state index in [1.807, 2.05) is 0 Å². The molecule has 0 bridgehead atoms. The number of nitrogens with one attached hydrogen (secondary N) is 1. The number of carbonyl (C=O) groups is 1. The molecule has 2 aliphatic heterocycles. The Morgan fingerprint density at radius 2 is 1.88 bits per heavy atom. The van der Waals surface area contributed by atoms with Gasteiger partial charge in [0.2, 0.25) is 5.91 Å². The summed E-state index contributed by atoms with van der Waals surface area (Å²) in [6.45, 7) is 15.4. The fourth-order valence-electron chi connectivity index (χ4n) is 5.60. The maximum atomic E-state index is 11.3. The summed E-state index contributed by atoms with van der Waals surface area (Å²) >= 11 is 0. The summed E-state index contributed by atoms with van der Waals surface area (Å²) in [5, 5.41) is 3.10. The maximum absolute atomic E-state index is 11.3. The fraction of sp³-hybridized carbons (Fsp3) is 0.815. The van der Waals surface area contributed by atoms with Crippen molar-refractivity contribution in [3.05, 3.63) is 17.6 Å². The number of hydrogen-bond donors (Lipinski definition) is 1. The number of ether oxygens (including phenoxy) is 1. The highest BCUT2D eigenvalue weighted by atomic mass is 16.5. The van der Waals surface area contributed by atoms with E-state index >= 15 is 0 Å². The molecule has 1 saturated carbocycles. The van der Waals surface area contributed by atoms with Gasteiger partial charge in [0.25, 0.3) is 0 Å². The standard InChI is InChI=1S/C27H45N5O2/c1-20(33)28-23-8-6-21(7-9-23)10-14-31-12-5-13-32(16-15-31)25-18-24(22-11-17-34-19-22)29-26(30-25)27(2,3)4/h18,21-23H,5-17,19H2,1-4H3,(H,28,33). The molecule has 4 rings (SSSR count). The second-order valence-corrected chi connectivity index (χ2v) is 11.7. The van der Waals surface area contributed by atoms with Crippen molar-refractivity contribution >= 4 is 11.7 Å². The van der Waals surface area contributed by atoms with Crippen LogP contribution in [-0.2, 0) is 14.9 Å². The van der Waals surface area contributed by atoms with Crippen molar-refractivity contribution in [1.82, 2.24) is 20.2 Å². The van der Waals surface area contributed by atoms with E-state index in [4.69, 9.17) is 14.7 Å². The smallest absolute Gasteiger partial charge is 0.217 e. The number of amides is 1. The van der Waals surface area contributed by atoms with E-state index in [0.717, 1.165) is 81.9 Å². The number of rotatable bonds is 6. The van der Waals surface area contributed by atoms with Crippen molar-refractivity contribution in [2.24, 2.45) is 5.92 Å². The Labute approximate surface area is 206 Å². The minimum Gasteiger partial charge on any atom is -0.381 e. The molecule has 3 fully saturated rings. The normalized spacial score (nSPS) is 26.9. The summed E-state index contributed by atoms with van der Waals surface area (Å²) < 4.78 is 5.66. The third-order valence-electron chi connectivity index (χ3n) is 7.77. The Kier molecular flexibility index (Phi) is 8.46. The molecule has 3 heterocycles. The van der Waals surface area contributed by atoms with Gasteiger partial charge < -0.3 is 19.9 Å². The van der Waals surface area contributed by atoms with Crippen molar-refractivity contribution in [2.75, 3.05) is 50.8 Å². The SMILES string of the molecule is CC(=O)NC1CCC(CCN2CCCN(c3cc(C4CCOC4)nc(C(C)(C)C)n3)CC2)CC1. The van der Waals surface area contributed by atoms with Crippen LogP contribution in [0.5, 0.6) is 0 Å². The number of anilines is 1. The fourth-order valence-corrected chi connectivity index (χ4v) is 5.60. The minimum absolute atomic E-state index is 0.0684. The highest BCUT2D eigenvalue weighted by Crippen LogP contribution is 2.30. The van der Waals surface area contributed by atoms with Crippen LogP contribution in [0.3, 0.4) is 0 Å². The molecule has 1 aliphatic carbocycles. The highest BCUT2D eigenvalue weighted by Gasteiger charge is 2.27. The molecule has 1 unspecified atom stereocenters. The van der Waals surface area contributed by atoms with E-state index in [1.54, 1.807) is 6.92 Å². The molecule has 0 radical (unpaired) electrons. The predicted octanol–water partition coefficient (Wildman–Crippen LogP) is 3.88. The van der Waals surface area contributed by atoms with Crippen LogP contribution in [0.25, 0.3) is 0 Å². The van der Waals surface area contributed by atoms with Gasteiger partial charge in [-0.3, -0.25) is 4.79 Å². The first kappa shape index (κ1) is 25.4. The lowest BCUT2D eigenvalue weighted by Gasteiger charge is -2.30. The van der Waals surface area contributed by atoms with Crippen LogP contribution in [0.2, 0.25) is 0 Å². The summed E-state index contributed by atoms with van der Waals surface area (Å²) in [7, 11) is 0. The van der Waals surface area contributed by atoms with E-state index in [9.17, 15) is 4.79 Å². The van der Waals surface area contributed by atoms with Crippen molar-refractivity contribution in [3.8, 4) is 0 Å². The van der Waals surface area contributed by atoms with Gasteiger partial charge in [-0.25, -0.2) is 9.97 Å². The van der Waals surface area contributed by atoms with Gasteiger partial charge in [0.15, 0.2) is 0 Å². The molecule has 34 heavy (non-hydrogen) atoms. The van der Waals surface area contributed by atoms with Gasteiger partial charge in [0.1, 0.15) is 11.6 Å². The average Bonchev–Trinajstić information content (AvgIpc) is 3.23. The molecule has 190 valence electrons. The first-order chi connectivity index (χ1) is 16.3. The predicted molar refractivity (Wildman–Crippen MR) is 136 cm³/mol. The Hall–Kier alpha value is -1.73. The van der Waals surface area contributed by atoms with Gasteiger partial charge in [0.05, 0.1) is 12.3 Å². The van der Waals surface area contributed by atoms with Crippen LogP contribution < -0.4 is 10.2 Å². The van der Waals surface area contributed by atoms with Crippen LogP contribution in [0.15, 0.2) is 6.07 Å². The Morgan fingerprint density at radius 3 is 2.56 bits per heavy atom. The molecule has 0 aromatic carbocycles.